The smallest absolute Gasteiger partial charge is 0.255 e. The summed E-state index contributed by atoms with van der Waals surface area (Å²) in [6.07, 6.45) is 4.26. The molecule has 0 bridgehead atoms. The van der Waals surface area contributed by atoms with Crippen molar-refractivity contribution in [3.63, 3.8) is 0 Å². The third-order valence-electron chi connectivity index (χ3n) is 8.40. The molecule has 6 aromatic rings. The Balaban J connectivity index is 1.31. The molecule has 4 aromatic heterocycles. The molecule has 2 N–H and O–H groups in total. The molecule has 0 spiro atoms. The van der Waals surface area contributed by atoms with Crippen LogP contribution < -0.4 is 5.32 Å². The van der Waals surface area contributed by atoms with Crippen molar-refractivity contribution >= 4 is 45.1 Å². The number of nitrogens with one attached hydrogen (secondary N) is 1. The molecule has 2 amide bonds. The number of hydrogen-bond donors (Lipinski definition) is 2. The van der Waals surface area contributed by atoms with E-state index < -0.39 is 5.91 Å². The number of nitrogens with zero attached hydrogens (tertiary/aromatic N) is 9. The van der Waals surface area contributed by atoms with E-state index in [9.17, 15) is 14.7 Å². The molecule has 0 aliphatic carbocycles. The predicted molar refractivity (Wildman–Crippen MR) is 159 cm³/mol. The number of halogens is 1. The number of amides is 2. The van der Waals surface area contributed by atoms with Gasteiger partial charge in [-0.3, -0.25) is 19.0 Å². The van der Waals surface area contributed by atoms with Gasteiger partial charge in [0, 0.05) is 49.3 Å². The average Bonchev–Trinajstić information content (AvgIpc) is 3.72. The topological polar surface area (TPSA) is 148 Å². The first-order valence-electron chi connectivity index (χ1n) is 14.2. The van der Waals surface area contributed by atoms with Gasteiger partial charge in [-0.2, -0.15) is 24.8 Å². The van der Waals surface area contributed by atoms with Crippen LogP contribution in [-0.2, 0) is 23.2 Å². The molecule has 0 unspecified atom stereocenters. The molecule has 0 saturated carbocycles. The molecule has 1 aliphatic rings. The fraction of sp³-hybridized carbons (Fsp3) is 0.300. The van der Waals surface area contributed by atoms with Crippen molar-refractivity contribution < 1.29 is 19.1 Å². The molecule has 0 atom stereocenters. The normalized spacial score (nSPS) is 14.2. The Morgan fingerprint density at radius 2 is 1.91 bits per heavy atom. The number of aryl methyl sites for hydroxylation is 2. The minimum Gasteiger partial charge on any atom is -0.492 e. The van der Waals surface area contributed by atoms with E-state index in [-0.39, 0.29) is 41.5 Å². The number of aromatic hydroxyl groups is 1. The van der Waals surface area contributed by atoms with Gasteiger partial charge in [0.25, 0.3) is 5.78 Å². The highest BCUT2D eigenvalue weighted by Crippen LogP contribution is 2.40. The van der Waals surface area contributed by atoms with Gasteiger partial charge in [-0.15, -0.1) is 0 Å². The third kappa shape index (κ3) is 4.49. The number of carbonyl (C=O) groups is 2. The minimum absolute atomic E-state index is 0.00716. The zero-order valence-corrected chi connectivity index (χ0v) is 24.3. The van der Waals surface area contributed by atoms with E-state index in [1.54, 1.807) is 35.5 Å². The maximum atomic E-state index is 15.7. The Hall–Kier alpha value is -5.40. The van der Waals surface area contributed by atoms with E-state index >= 15 is 4.39 Å². The van der Waals surface area contributed by atoms with Crippen LogP contribution >= 0.6 is 0 Å². The molecule has 5 heterocycles. The van der Waals surface area contributed by atoms with E-state index in [1.165, 1.54) is 12.4 Å². The molecule has 14 heteroatoms. The van der Waals surface area contributed by atoms with Gasteiger partial charge in [0.05, 0.1) is 28.6 Å². The summed E-state index contributed by atoms with van der Waals surface area (Å²) in [5.74, 6) is -0.889. The van der Waals surface area contributed by atoms with Crippen molar-refractivity contribution in [2.24, 2.45) is 7.05 Å². The van der Waals surface area contributed by atoms with E-state index in [0.717, 1.165) is 21.1 Å². The second kappa shape index (κ2) is 10.4. The number of carbonyl (C=O) groups excluding carboxylic acids is 2. The van der Waals surface area contributed by atoms with Crippen LogP contribution in [0.2, 0.25) is 0 Å². The van der Waals surface area contributed by atoms with Crippen LogP contribution in [0.3, 0.4) is 0 Å². The van der Waals surface area contributed by atoms with Crippen molar-refractivity contribution in [1.29, 1.82) is 0 Å². The Morgan fingerprint density at radius 1 is 1.11 bits per heavy atom. The first-order chi connectivity index (χ1) is 21.2. The van der Waals surface area contributed by atoms with E-state index in [0.29, 0.717) is 53.7 Å². The van der Waals surface area contributed by atoms with Gasteiger partial charge in [0.1, 0.15) is 24.4 Å². The Morgan fingerprint density at radius 3 is 2.68 bits per heavy atom. The molecule has 224 valence electrons. The third-order valence-corrected chi connectivity index (χ3v) is 8.40. The van der Waals surface area contributed by atoms with Crippen molar-refractivity contribution in [2.45, 2.75) is 39.2 Å². The van der Waals surface area contributed by atoms with Gasteiger partial charge >= 0.3 is 0 Å². The van der Waals surface area contributed by atoms with Crippen molar-refractivity contribution in [2.75, 3.05) is 18.4 Å². The number of benzene rings is 2. The molecule has 1 aliphatic heterocycles. The summed E-state index contributed by atoms with van der Waals surface area (Å²) in [6, 6.07) is 8.82. The predicted octanol–water partition coefficient (Wildman–Crippen LogP) is 3.55. The lowest BCUT2D eigenvalue weighted by molar-refractivity contribution is -0.129. The molecule has 44 heavy (non-hydrogen) atoms. The first-order valence-corrected chi connectivity index (χ1v) is 14.2. The van der Waals surface area contributed by atoms with E-state index in [2.05, 4.69) is 25.5 Å². The summed E-state index contributed by atoms with van der Waals surface area (Å²) in [7, 11) is 1.81. The van der Waals surface area contributed by atoms with Crippen molar-refractivity contribution in [3.05, 3.63) is 60.1 Å². The molecule has 1 saturated heterocycles. The lowest BCUT2D eigenvalue weighted by Gasteiger charge is -2.30. The van der Waals surface area contributed by atoms with Gasteiger partial charge in [0.15, 0.2) is 0 Å². The standard InChI is InChI=1S/C30H29FN10O3/c1-16-27(29(44)41-30(35-16)32-15-34-41)36-25(43)14-40-23-6-4-5-20(21-12-24-19(11-22(21)31)13-33-38(24)3)26(23)28(37-40)18-7-9-39(10-8-18)17(2)42/h4-6,11-13,15,18,44H,7-10,14H2,1-3H3,(H,36,43). The van der Waals surface area contributed by atoms with Gasteiger partial charge < -0.3 is 15.3 Å². The second-order valence-corrected chi connectivity index (χ2v) is 11.1. The Bertz CT molecular complexity index is 2110. The van der Waals surface area contributed by atoms with Crippen LogP contribution in [0.5, 0.6) is 5.88 Å². The van der Waals surface area contributed by atoms with Crippen LogP contribution in [0.4, 0.5) is 10.1 Å². The van der Waals surface area contributed by atoms with Gasteiger partial charge in [-0.1, -0.05) is 12.1 Å². The molecule has 1 fully saturated rings. The fourth-order valence-corrected chi connectivity index (χ4v) is 6.13. The number of rotatable bonds is 5. The maximum absolute atomic E-state index is 15.7. The number of piperidine rings is 1. The number of hydrogen-bond acceptors (Lipinski definition) is 8. The van der Waals surface area contributed by atoms with Crippen LogP contribution in [0.15, 0.2) is 42.9 Å². The number of fused-ring (bicyclic) bond motifs is 3. The summed E-state index contributed by atoms with van der Waals surface area (Å²) < 4.78 is 20.1. The maximum Gasteiger partial charge on any atom is 0.255 e. The SMILES string of the molecule is CC(=O)N1CCC(c2nn(CC(=O)Nc3c(C)nc4ncnn4c3O)c3cccc(-c4cc5c(cnn5C)cc4F)c23)CC1. The number of likely N-dealkylation sites (tertiary alicyclic amines) is 1. The lowest BCUT2D eigenvalue weighted by atomic mass is 9.89. The van der Waals surface area contributed by atoms with Gasteiger partial charge in [-0.05, 0) is 43.5 Å². The molecular formula is C30H29FN10O3. The fourth-order valence-electron chi connectivity index (χ4n) is 6.13. The lowest BCUT2D eigenvalue weighted by Crippen LogP contribution is -2.36. The molecular weight excluding hydrogens is 567 g/mol. The molecule has 0 radical (unpaired) electrons. The summed E-state index contributed by atoms with van der Waals surface area (Å²) in [4.78, 5) is 35.5. The van der Waals surface area contributed by atoms with Crippen LogP contribution in [0, 0.1) is 12.7 Å². The highest BCUT2D eigenvalue weighted by Gasteiger charge is 2.29. The monoisotopic (exact) mass is 596 g/mol. The van der Waals surface area contributed by atoms with Crippen LogP contribution in [0.25, 0.3) is 38.7 Å². The Labute approximate surface area is 249 Å². The largest absolute Gasteiger partial charge is 0.492 e. The van der Waals surface area contributed by atoms with Crippen LogP contribution in [-0.4, -0.2) is 74.1 Å². The highest BCUT2D eigenvalue weighted by atomic mass is 19.1. The Kier molecular flexibility index (Phi) is 6.48. The van der Waals surface area contributed by atoms with Gasteiger partial charge in [-0.25, -0.2) is 9.37 Å². The number of aromatic nitrogens is 8. The quantitative estimate of drug-likeness (QED) is 0.307. The zero-order chi connectivity index (χ0) is 30.7. The summed E-state index contributed by atoms with van der Waals surface area (Å²) in [5, 5.41) is 28.1. The summed E-state index contributed by atoms with van der Waals surface area (Å²) in [6.45, 7) is 4.21. The van der Waals surface area contributed by atoms with E-state index in [1.807, 2.05) is 30.1 Å². The average molecular weight is 597 g/mol. The van der Waals surface area contributed by atoms with Crippen molar-refractivity contribution in [3.8, 4) is 17.0 Å². The van der Waals surface area contributed by atoms with Crippen LogP contribution in [0.1, 0.15) is 37.1 Å². The molecule has 7 rings (SSSR count). The number of anilines is 1. The van der Waals surface area contributed by atoms with Gasteiger partial charge in [0.2, 0.25) is 17.7 Å². The van der Waals surface area contributed by atoms with Crippen molar-refractivity contribution in [1.82, 2.24) is 44.0 Å². The first kappa shape index (κ1) is 27.4. The zero-order valence-electron chi connectivity index (χ0n) is 24.3. The van der Waals surface area contributed by atoms with E-state index in [4.69, 9.17) is 5.10 Å². The molecule has 2 aromatic carbocycles. The minimum atomic E-state index is -0.445. The summed E-state index contributed by atoms with van der Waals surface area (Å²) >= 11 is 0. The summed E-state index contributed by atoms with van der Waals surface area (Å²) in [5.41, 5.74) is 3.77. The molecule has 13 nitrogen and oxygen atoms in total. The second-order valence-electron chi connectivity index (χ2n) is 11.1. The highest BCUT2D eigenvalue weighted by molar-refractivity contribution is 6.00.